The van der Waals surface area contributed by atoms with Crippen molar-refractivity contribution in [2.45, 2.75) is 40.5 Å². The maximum atomic E-state index is 12.7. The van der Waals surface area contributed by atoms with E-state index in [4.69, 9.17) is 0 Å². The normalized spacial score (nSPS) is 14.1. The van der Waals surface area contributed by atoms with Crippen LogP contribution in [-0.2, 0) is 9.59 Å². The van der Waals surface area contributed by atoms with Crippen molar-refractivity contribution in [3.63, 3.8) is 0 Å². The van der Waals surface area contributed by atoms with Gasteiger partial charge in [0.15, 0.2) is 0 Å². The number of aryl methyl sites for hydroxylation is 2. The minimum absolute atomic E-state index is 0.331. The number of carbonyl (C=O) groups is 2. The number of nitrogens with zero attached hydrogens (tertiary/aromatic N) is 1. The topological polar surface area (TPSA) is 61.4 Å². The smallest absolute Gasteiger partial charge is 0.239 e. The Balaban J connectivity index is 1.64. The molecule has 0 bridgehead atoms. The highest BCUT2D eigenvalue weighted by Gasteiger charge is 2.36. The molecule has 148 valence electrons. The van der Waals surface area contributed by atoms with Crippen molar-refractivity contribution in [1.29, 1.82) is 0 Å². The highest BCUT2D eigenvalue weighted by Crippen LogP contribution is 2.25. The van der Waals surface area contributed by atoms with Crippen LogP contribution >= 0.6 is 0 Å². The van der Waals surface area contributed by atoms with Crippen LogP contribution in [0.25, 0.3) is 0 Å². The zero-order valence-corrected chi connectivity index (χ0v) is 17.1. The SMILES string of the molecule is Cc1ccc(NC(=O)C(C)(C)C(=O)Nc2ccc(N3CCCC3)cc2)cc1C. The summed E-state index contributed by atoms with van der Waals surface area (Å²) in [5.41, 5.74) is 3.61. The molecule has 1 aliphatic heterocycles. The van der Waals surface area contributed by atoms with Gasteiger partial charge in [0.2, 0.25) is 11.8 Å². The van der Waals surface area contributed by atoms with Crippen LogP contribution in [0.15, 0.2) is 42.5 Å². The van der Waals surface area contributed by atoms with E-state index in [9.17, 15) is 9.59 Å². The predicted octanol–water partition coefficient (Wildman–Crippen LogP) is 4.51. The molecule has 2 N–H and O–H groups in total. The van der Waals surface area contributed by atoms with E-state index in [0.717, 1.165) is 24.2 Å². The first-order chi connectivity index (χ1) is 13.3. The molecule has 0 atom stereocenters. The van der Waals surface area contributed by atoms with Crippen LogP contribution in [0.3, 0.4) is 0 Å². The van der Waals surface area contributed by atoms with Gasteiger partial charge in [0.25, 0.3) is 0 Å². The van der Waals surface area contributed by atoms with E-state index in [2.05, 4.69) is 15.5 Å². The third-order valence-corrected chi connectivity index (χ3v) is 5.50. The minimum Gasteiger partial charge on any atom is -0.372 e. The molecule has 1 fully saturated rings. The van der Waals surface area contributed by atoms with Gasteiger partial charge < -0.3 is 15.5 Å². The molecular formula is C23H29N3O2. The number of amides is 2. The summed E-state index contributed by atoms with van der Waals surface area (Å²) in [6, 6.07) is 13.5. The van der Waals surface area contributed by atoms with Gasteiger partial charge in [-0.2, -0.15) is 0 Å². The lowest BCUT2D eigenvalue weighted by Gasteiger charge is -2.23. The second-order valence-electron chi connectivity index (χ2n) is 8.07. The van der Waals surface area contributed by atoms with Crippen LogP contribution in [-0.4, -0.2) is 24.9 Å². The molecule has 5 nitrogen and oxygen atoms in total. The molecule has 0 radical (unpaired) electrons. The largest absolute Gasteiger partial charge is 0.372 e. The Bertz CT molecular complexity index is 866. The molecule has 1 heterocycles. The quantitative estimate of drug-likeness (QED) is 0.752. The molecule has 2 amide bonds. The van der Waals surface area contributed by atoms with Crippen molar-refractivity contribution >= 4 is 28.9 Å². The molecule has 0 unspecified atom stereocenters. The van der Waals surface area contributed by atoms with Crippen LogP contribution < -0.4 is 15.5 Å². The molecule has 3 rings (SSSR count). The second-order valence-corrected chi connectivity index (χ2v) is 8.07. The summed E-state index contributed by atoms with van der Waals surface area (Å²) >= 11 is 0. The average Bonchev–Trinajstić information content (AvgIpc) is 3.20. The Morgan fingerprint density at radius 1 is 0.821 bits per heavy atom. The molecule has 0 aliphatic carbocycles. The van der Waals surface area contributed by atoms with E-state index < -0.39 is 5.41 Å². The molecule has 0 aromatic heterocycles. The van der Waals surface area contributed by atoms with E-state index in [0.29, 0.717) is 11.4 Å². The van der Waals surface area contributed by atoms with Gasteiger partial charge in [0.05, 0.1) is 0 Å². The van der Waals surface area contributed by atoms with Gasteiger partial charge in [-0.3, -0.25) is 9.59 Å². The summed E-state index contributed by atoms with van der Waals surface area (Å²) in [4.78, 5) is 27.8. The van der Waals surface area contributed by atoms with Crippen molar-refractivity contribution < 1.29 is 9.59 Å². The van der Waals surface area contributed by atoms with Gasteiger partial charge in [-0.05, 0) is 88.1 Å². The summed E-state index contributed by atoms with van der Waals surface area (Å²) in [5.74, 6) is -0.662. The predicted molar refractivity (Wildman–Crippen MR) is 115 cm³/mol. The molecule has 1 saturated heterocycles. The number of carbonyl (C=O) groups excluding carboxylic acids is 2. The third-order valence-electron chi connectivity index (χ3n) is 5.50. The Morgan fingerprint density at radius 2 is 1.36 bits per heavy atom. The van der Waals surface area contributed by atoms with Crippen molar-refractivity contribution in [2.75, 3.05) is 28.6 Å². The summed E-state index contributed by atoms with van der Waals surface area (Å²) in [7, 11) is 0. The molecule has 28 heavy (non-hydrogen) atoms. The summed E-state index contributed by atoms with van der Waals surface area (Å²) in [6.07, 6.45) is 2.45. The number of nitrogens with one attached hydrogen (secondary N) is 2. The van der Waals surface area contributed by atoms with E-state index in [1.807, 2.05) is 56.3 Å². The first-order valence-electron chi connectivity index (χ1n) is 9.82. The van der Waals surface area contributed by atoms with E-state index in [-0.39, 0.29) is 11.8 Å². The molecular weight excluding hydrogens is 350 g/mol. The first-order valence-corrected chi connectivity index (χ1v) is 9.82. The Kier molecular flexibility index (Phi) is 5.73. The number of hydrogen-bond donors (Lipinski definition) is 2. The Labute approximate surface area is 167 Å². The number of anilines is 3. The lowest BCUT2D eigenvalue weighted by molar-refractivity contribution is -0.135. The first kappa shape index (κ1) is 19.9. The van der Waals surface area contributed by atoms with Gasteiger partial charge in [-0.25, -0.2) is 0 Å². The van der Waals surface area contributed by atoms with E-state index in [1.165, 1.54) is 18.5 Å². The highest BCUT2D eigenvalue weighted by atomic mass is 16.2. The molecule has 2 aromatic carbocycles. The monoisotopic (exact) mass is 379 g/mol. The standard InChI is InChI=1S/C23H29N3O2/c1-16-7-8-19(15-17(16)2)25-22(28)23(3,4)21(27)24-18-9-11-20(12-10-18)26-13-5-6-14-26/h7-12,15H,5-6,13-14H2,1-4H3,(H,24,27)(H,25,28). The van der Waals surface area contributed by atoms with Gasteiger partial charge in [-0.15, -0.1) is 0 Å². The lowest BCUT2D eigenvalue weighted by atomic mass is 9.90. The molecule has 2 aromatic rings. The van der Waals surface area contributed by atoms with Crippen LogP contribution in [0, 0.1) is 19.3 Å². The lowest BCUT2D eigenvalue weighted by Crippen LogP contribution is -2.41. The molecule has 0 saturated carbocycles. The zero-order valence-electron chi connectivity index (χ0n) is 17.1. The fourth-order valence-electron chi connectivity index (χ4n) is 3.23. The fraction of sp³-hybridized carbons (Fsp3) is 0.391. The number of rotatable bonds is 5. The van der Waals surface area contributed by atoms with Crippen LogP contribution in [0.5, 0.6) is 0 Å². The summed E-state index contributed by atoms with van der Waals surface area (Å²) in [5, 5.41) is 5.73. The molecule has 5 heteroatoms. The summed E-state index contributed by atoms with van der Waals surface area (Å²) < 4.78 is 0. The average molecular weight is 380 g/mol. The molecule has 1 aliphatic rings. The Hall–Kier alpha value is -2.82. The zero-order chi connectivity index (χ0) is 20.3. The van der Waals surface area contributed by atoms with Crippen molar-refractivity contribution in [3.05, 3.63) is 53.6 Å². The highest BCUT2D eigenvalue weighted by molar-refractivity contribution is 6.14. The van der Waals surface area contributed by atoms with Crippen molar-refractivity contribution in [2.24, 2.45) is 5.41 Å². The van der Waals surface area contributed by atoms with Crippen LogP contribution in [0.1, 0.15) is 37.8 Å². The molecule has 0 spiro atoms. The van der Waals surface area contributed by atoms with Gasteiger partial charge in [0, 0.05) is 30.2 Å². The number of benzene rings is 2. The maximum absolute atomic E-state index is 12.7. The fourth-order valence-corrected chi connectivity index (χ4v) is 3.23. The minimum atomic E-state index is -1.20. The van der Waals surface area contributed by atoms with Crippen molar-refractivity contribution in [3.8, 4) is 0 Å². The third kappa shape index (κ3) is 4.35. The van der Waals surface area contributed by atoms with Gasteiger partial charge in [-0.1, -0.05) is 6.07 Å². The Morgan fingerprint density at radius 3 is 1.93 bits per heavy atom. The van der Waals surface area contributed by atoms with Gasteiger partial charge in [0.1, 0.15) is 5.41 Å². The van der Waals surface area contributed by atoms with Gasteiger partial charge >= 0.3 is 0 Å². The number of hydrogen-bond acceptors (Lipinski definition) is 3. The van der Waals surface area contributed by atoms with E-state index >= 15 is 0 Å². The maximum Gasteiger partial charge on any atom is 0.239 e. The van der Waals surface area contributed by atoms with Crippen LogP contribution in [0.4, 0.5) is 17.1 Å². The second kappa shape index (κ2) is 8.05. The van der Waals surface area contributed by atoms with Crippen molar-refractivity contribution in [1.82, 2.24) is 0 Å². The van der Waals surface area contributed by atoms with Crippen LogP contribution in [0.2, 0.25) is 0 Å². The summed E-state index contributed by atoms with van der Waals surface area (Å²) in [6.45, 7) is 9.45. The van der Waals surface area contributed by atoms with E-state index in [1.54, 1.807) is 13.8 Å².